The van der Waals surface area contributed by atoms with Crippen LogP contribution in [0.1, 0.15) is 46.8 Å². The summed E-state index contributed by atoms with van der Waals surface area (Å²) in [5.41, 5.74) is 4.23. The highest BCUT2D eigenvalue weighted by Crippen LogP contribution is 2.50. The Morgan fingerprint density at radius 3 is 2.73 bits per heavy atom. The summed E-state index contributed by atoms with van der Waals surface area (Å²) in [7, 11) is 1.40. The molecule has 0 spiro atoms. The molecule has 4 nitrogen and oxygen atoms in total. The number of rotatable bonds is 4. The number of allylic oxidation sites excluding steroid dienone is 2. The molecule has 1 N–H and O–H groups in total. The van der Waals surface area contributed by atoms with E-state index in [9.17, 15) is 4.79 Å². The quantitative estimate of drug-likeness (QED) is 0.642. The van der Waals surface area contributed by atoms with Gasteiger partial charge in [-0.3, -0.25) is 0 Å². The van der Waals surface area contributed by atoms with Crippen LogP contribution >= 0.6 is 0 Å². The Hall–Kier alpha value is -2.75. The fourth-order valence-electron chi connectivity index (χ4n) is 4.10. The summed E-state index contributed by atoms with van der Waals surface area (Å²) >= 11 is 0. The summed E-state index contributed by atoms with van der Waals surface area (Å²) < 4.78 is 10.5. The zero-order valence-corrected chi connectivity index (χ0v) is 15.1. The molecule has 1 aliphatic carbocycles. The van der Waals surface area contributed by atoms with E-state index >= 15 is 0 Å². The number of hydrogen-bond donors (Lipinski definition) is 1. The van der Waals surface area contributed by atoms with E-state index in [1.807, 2.05) is 37.3 Å². The van der Waals surface area contributed by atoms with Gasteiger partial charge < -0.3 is 14.8 Å². The van der Waals surface area contributed by atoms with Gasteiger partial charge in [-0.05, 0) is 60.7 Å². The molecule has 26 heavy (non-hydrogen) atoms. The van der Waals surface area contributed by atoms with Crippen molar-refractivity contribution in [2.24, 2.45) is 5.92 Å². The number of hydrogen-bond acceptors (Lipinski definition) is 4. The monoisotopic (exact) mass is 349 g/mol. The maximum atomic E-state index is 11.7. The third-order valence-corrected chi connectivity index (χ3v) is 5.34. The van der Waals surface area contributed by atoms with Crippen molar-refractivity contribution in [1.29, 1.82) is 0 Å². The first kappa shape index (κ1) is 16.7. The van der Waals surface area contributed by atoms with Gasteiger partial charge in [0.15, 0.2) is 0 Å². The van der Waals surface area contributed by atoms with Crippen LogP contribution in [0.4, 0.5) is 5.69 Å². The minimum atomic E-state index is -0.303. The van der Waals surface area contributed by atoms with Gasteiger partial charge in [-0.1, -0.05) is 24.3 Å². The molecule has 4 rings (SSSR count). The third-order valence-electron chi connectivity index (χ3n) is 5.34. The summed E-state index contributed by atoms with van der Waals surface area (Å²) in [6.07, 6.45) is 5.63. The topological polar surface area (TPSA) is 47.6 Å². The number of esters is 1. The Morgan fingerprint density at radius 1 is 1.19 bits per heavy atom. The van der Waals surface area contributed by atoms with E-state index in [0.29, 0.717) is 24.0 Å². The molecule has 0 saturated carbocycles. The molecule has 0 saturated heterocycles. The number of carbonyl (C=O) groups is 1. The smallest absolute Gasteiger partial charge is 0.337 e. The first-order valence-corrected chi connectivity index (χ1v) is 9.09. The molecule has 0 radical (unpaired) electrons. The first-order valence-electron chi connectivity index (χ1n) is 9.09. The lowest BCUT2D eigenvalue weighted by atomic mass is 9.77. The van der Waals surface area contributed by atoms with Crippen LogP contribution in [0.25, 0.3) is 0 Å². The second-order valence-corrected chi connectivity index (χ2v) is 6.77. The van der Waals surface area contributed by atoms with Gasteiger partial charge in [0.2, 0.25) is 0 Å². The zero-order chi connectivity index (χ0) is 18.1. The molecule has 2 aliphatic rings. The number of anilines is 1. The van der Waals surface area contributed by atoms with Gasteiger partial charge in [0.05, 0.1) is 25.3 Å². The summed E-state index contributed by atoms with van der Waals surface area (Å²) in [6, 6.07) is 14.2. The summed E-state index contributed by atoms with van der Waals surface area (Å²) in [5, 5.41) is 3.70. The average molecular weight is 349 g/mol. The Labute approximate surface area is 153 Å². The Balaban J connectivity index is 1.66. The Kier molecular flexibility index (Phi) is 4.41. The normalized spacial score (nSPS) is 22.9. The third kappa shape index (κ3) is 2.85. The average Bonchev–Trinajstić information content (AvgIpc) is 3.17. The van der Waals surface area contributed by atoms with Crippen molar-refractivity contribution in [3.63, 3.8) is 0 Å². The molecule has 3 atom stereocenters. The highest BCUT2D eigenvalue weighted by Gasteiger charge is 2.38. The highest BCUT2D eigenvalue weighted by atomic mass is 16.5. The molecule has 0 unspecified atom stereocenters. The van der Waals surface area contributed by atoms with E-state index in [0.717, 1.165) is 17.9 Å². The Morgan fingerprint density at radius 2 is 2.00 bits per heavy atom. The van der Waals surface area contributed by atoms with Crippen molar-refractivity contribution in [2.75, 3.05) is 19.0 Å². The van der Waals surface area contributed by atoms with Crippen LogP contribution in [0.15, 0.2) is 54.6 Å². The second-order valence-electron chi connectivity index (χ2n) is 6.77. The van der Waals surface area contributed by atoms with Crippen molar-refractivity contribution in [2.45, 2.75) is 25.3 Å². The number of nitrogens with one attached hydrogen (secondary N) is 1. The number of fused-ring (bicyclic) bond motifs is 3. The Bertz CT molecular complexity index is 841. The van der Waals surface area contributed by atoms with Crippen LogP contribution < -0.4 is 10.1 Å². The summed E-state index contributed by atoms with van der Waals surface area (Å²) in [5.74, 6) is 1.47. The largest absolute Gasteiger partial charge is 0.494 e. The number of carbonyl (C=O) groups excluding carboxylic acids is 1. The minimum absolute atomic E-state index is 0.215. The van der Waals surface area contributed by atoms with E-state index in [1.165, 1.54) is 18.2 Å². The molecular weight excluding hydrogens is 326 g/mol. The van der Waals surface area contributed by atoms with Crippen molar-refractivity contribution >= 4 is 11.7 Å². The maximum absolute atomic E-state index is 11.7. The van der Waals surface area contributed by atoms with Gasteiger partial charge in [-0.2, -0.15) is 0 Å². The van der Waals surface area contributed by atoms with Gasteiger partial charge in [-0.25, -0.2) is 4.79 Å². The van der Waals surface area contributed by atoms with Gasteiger partial charge in [0.1, 0.15) is 5.75 Å². The lowest BCUT2D eigenvalue weighted by Crippen LogP contribution is -2.29. The summed E-state index contributed by atoms with van der Waals surface area (Å²) in [4.78, 5) is 11.7. The molecule has 1 aliphatic heterocycles. The van der Waals surface area contributed by atoms with E-state index in [1.54, 1.807) is 0 Å². The molecule has 0 amide bonds. The van der Waals surface area contributed by atoms with Crippen molar-refractivity contribution in [1.82, 2.24) is 0 Å². The molecular formula is C22H23NO3. The van der Waals surface area contributed by atoms with E-state index in [4.69, 9.17) is 9.47 Å². The van der Waals surface area contributed by atoms with Crippen LogP contribution in [0, 0.1) is 5.92 Å². The van der Waals surface area contributed by atoms with Gasteiger partial charge in [-0.15, -0.1) is 0 Å². The summed E-state index contributed by atoms with van der Waals surface area (Å²) in [6.45, 7) is 2.68. The van der Waals surface area contributed by atoms with Crippen LogP contribution in [-0.4, -0.2) is 19.7 Å². The first-order chi connectivity index (χ1) is 12.7. The molecule has 1 heterocycles. The molecule has 0 bridgehead atoms. The van der Waals surface area contributed by atoms with Crippen molar-refractivity contribution in [3.8, 4) is 5.75 Å². The van der Waals surface area contributed by atoms with Crippen LogP contribution in [0.5, 0.6) is 5.75 Å². The van der Waals surface area contributed by atoms with Crippen LogP contribution in [0.2, 0.25) is 0 Å². The molecule has 4 heteroatoms. The van der Waals surface area contributed by atoms with Gasteiger partial charge >= 0.3 is 5.97 Å². The predicted molar refractivity (Wildman–Crippen MR) is 102 cm³/mol. The zero-order valence-electron chi connectivity index (χ0n) is 15.1. The van der Waals surface area contributed by atoms with E-state index < -0.39 is 0 Å². The second kappa shape index (κ2) is 6.87. The SMILES string of the molecule is CCOc1ccc2c(c1)[C@H]1C=CC[C@@H]1[C@H](c1ccc(C(=O)OC)cc1)N2. The molecule has 0 aromatic heterocycles. The molecule has 2 aromatic rings. The van der Waals surface area contributed by atoms with Crippen LogP contribution in [-0.2, 0) is 4.74 Å². The minimum Gasteiger partial charge on any atom is -0.494 e. The number of ether oxygens (including phenoxy) is 2. The van der Waals surface area contributed by atoms with Gasteiger partial charge in [0, 0.05) is 11.6 Å². The van der Waals surface area contributed by atoms with Gasteiger partial charge in [0.25, 0.3) is 0 Å². The lowest BCUT2D eigenvalue weighted by Gasteiger charge is -2.37. The standard InChI is InChI=1S/C22H23NO3/c1-3-26-16-11-12-20-19(13-16)17-5-4-6-18(17)21(23-20)14-7-9-15(10-8-14)22(24)25-2/h4-5,7-13,17-18,21,23H,3,6H2,1-2H3/t17-,18-,21-/m0/s1. The maximum Gasteiger partial charge on any atom is 0.337 e. The van der Waals surface area contributed by atoms with Crippen molar-refractivity contribution in [3.05, 3.63) is 71.3 Å². The fourth-order valence-corrected chi connectivity index (χ4v) is 4.10. The predicted octanol–water partition coefficient (Wildman–Crippen LogP) is 4.70. The van der Waals surface area contributed by atoms with Crippen LogP contribution in [0.3, 0.4) is 0 Å². The molecule has 134 valence electrons. The van der Waals surface area contributed by atoms with E-state index in [-0.39, 0.29) is 12.0 Å². The highest BCUT2D eigenvalue weighted by molar-refractivity contribution is 5.89. The van der Waals surface area contributed by atoms with E-state index in [2.05, 4.69) is 29.6 Å². The molecule has 0 fully saturated rings. The fraction of sp³-hybridized carbons (Fsp3) is 0.318. The van der Waals surface area contributed by atoms with Crippen molar-refractivity contribution < 1.29 is 14.3 Å². The molecule has 2 aromatic carbocycles. The number of methoxy groups -OCH3 is 1. The number of benzene rings is 2. The lowest BCUT2D eigenvalue weighted by molar-refractivity contribution is 0.0600.